The maximum Gasteiger partial charge on any atom is 0.433 e. The second-order valence-electron chi connectivity index (χ2n) is 8.26. The Hall–Kier alpha value is -2.58. The van der Waals surface area contributed by atoms with Crippen molar-refractivity contribution in [2.24, 2.45) is 7.05 Å². The Morgan fingerprint density at radius 1 is 1.09 bits per heavy atom. The van der Waals surface area contributed by atoms with Crippen LogP contribution in [0.25, 0.3) is 11.0 Å². The van der Waals surface area contributed by atoms with Crippen LogP contribution in [0.4, 0.5) is 13.2 Å². The van der Waals surface area contributed by atoms with Crippen LogP contribution in [0.5, 0.6) is 0 Å². The molecule has 0 spiro atoms. The number of alkyl halides is 3. The van der Waals surface area contributed by atoms with E-state index in [1.54, 1.807) is 20.8 Å². The number of halogens is 5. The number of pyridine rings is 1. The third-order valence-electron chi connectivity index (χ3n) is 4.67. The molecule has 0 bridgehead atoms. The van der Waals surface area contributed by atoms with Gasteiger partial charge in [-0.3, -0.25) is 4.79 Å². The Balaban J connectivity index is 2.16. The van der Waals surface area contributed by atoms with Crippen LogP contribution in [0, 0.1) is 6.92 Å². The smallest absolute Gasteiger partial charge is 0.433 e. The maximum atomic E-state index is 13.3. The molecule has 2 heterocycles. The number of aromatic nitrogens is 2. The summed E-state index contributed by atoms with van der Waals surface area (Å²) < 4.78 is 46.1. The summed E-state index contributed by atoms with van der Waals surface area (Å²) in [5, 5.41) is 0.153. The Labute approximate surface area is 192 Å². The molecule has 1 aromatic carbocycles. The molecule has 0 atom stereocenters. The highest BCUT2D eigenvalue weighted by Crippen LogP contribution is 2.35. The number of ketones is 1. The van der Waals surface area contributed by atoms with Gasteiger partial charge < -0.3 is 9.30 Å². The predicted molar refractivity (Wildman–Crippen MR) is 116 cm³/mol. The number of carbonyl (C=O) groups is 2. The van der Waals surface area contributed by atoms with Gasteiger partial charge in [0.05, 0.1) is 26.9 Å². The summed E-state index contributed by atoms with van der Waals surface area (Å²) in [6, 6.07) is 5.03. The molecule has 5 nitrogen and oxygen atoms in total. The quantitative estimate of drug-likeness (QED) is 0.317. The fourth-order valence-electron chi connectivity index (χ4n) is 3.19. The van der Waals surface area contributed by atoms with Gasteiger partial charge in [0.15, 0.2) is 0 Å². The monoisotopic (exact) mass is 486 g/mol. The van der Waals surface area contributed by atoms with Gasteiger partial charge in [0.1, 0.15) is 16.9 Å². The van der Waals surface area contributed by atoms with E-state index < -0.39 is 29.2 Å². The van der Waals surface area contributed by atoms with Crippen LogP contribution < -0.4 is 0 Å². The number of hydrogen-bond donors (Lipinski definition) is 0. The second-order valence-corrected chi connectivity index (χ2v) is 9.05. The number of rotatable bonds is 3. The van der Waals surface area contributed by atoms with Crippen LogP contribution >= 0.6 is 23.2 Å². The Kier molecular flexibility index (Phi) is 6.08. The van der Waals surface area contributed by atoms with Crippen molar-refractivity contribution >= 4 is 46.0 Å². The number of nitrogens with zero attached hydrogens (tertiary/aromatic N) is 2. The van der Waals surface area contributed by atoms with Crippen molar-refractivity contribution in [3.63, 3.8) is 0 Å². The number of aryl methyl sites for hydroxylation is 2. The van der Waals surface area contributed by atoms with Crippen molar-refractivity contribution in [3.8, 4) is 0 Å². The van der Waals surface area contributed by atoms with E-state index in [2.05, 4.69) is 4.98 Å². The van der Waals surface area contributed by atoms with E-state index in [4.69, 9.17) is 27.9 Å². The molecule has 0 N–H and O–H groups in total. The van der Waals surface area contributed by atoms with Crippen LogP contribution in [0.1, 0.15) is 58.4 Å². The predicted octanol–water partition coefficient (Wildman–Crippen LogP) is 6.39. The molecule has 3 rings (SSSR count). The van der Waals surface area contributed by atoms with Crippen LogP contribution in [0.2, 0.25) is 10.0 Å². The van der Waals surface area contributed by atoms with Crippen LogP contribution in [-0.4, -0.2) is 26.9 Å². The van der Waals surface area contributed by atoms with Crippen molar-refractivity contribution in [2.45, 2.75) is 39.5 Å². The molecule has 0 saturated carbocycles. The average molecular weight is 487 g/mol. The third-order valence-corrected chi connectivity index (χ3v) is 5.37. The zero-order valence-corrected chi connectivity index (χ0v) is 19.3. The molecule has 0 unspecified atom stereocenters. The van der Waals surface area contributed by atoms with Crippen molar-refractivity contribution in [1.82, 2.24) is 9.55 Å². The SMILES string of the molecule is Cc1cc(C(F)(F)F)nc2c1cc(C(=O)c1c(Cl)ccc(C(=O)OC(C)(C)C)c1Cl)n2C. The molecule has 170 valence electrons. The number of fused-ring (bicyclic) bond motifs is 1. The Morgan fingerprint density at radius 3 is 2.28 bits per heavy atom. The molecule has 10 heteroatoms. The number of carbonyl (C=O) groups excluding carboxylic acids is 2. The zero-order valence-electron chi connectivity index (χ0n) is 17.8. The largest absolute Gasteiger partial charge is 0.456 e. The highest BCUT2D eigenvalue weighted by Gasteiger charge is 2.34. The first kappa shape index (κ1) is 24.1. The Morgan fingerprint density at radius 2 is 1.72 bits per heavy atom. The molecule has 0 fully saturated rings. The van der Waals surface area contributed by atoms with Crippen LogP contribution in [-0.2, 0) is 18.0 Å². The molecule has 32 heavy (non-hydrogen) atoms. The Bertz CT molecular complexity index is 1260. The van der Waals surface area contributed by atoms with Gasteiger partial charge in [-0.05, 0) is 57.5 Å². The topological polar surface area (TPSA) is 61.2 Å². The average Bonchev–Trinajstić information content (AvgIpc) is 2.97. The second kappa shape index (κ2) is 8.08. The highest BCUT2D eigenvalue weighted by molar-refractivity contribution is 6.42. The lowest BCUT2D eigenvalue weighted by atomic mass is 10.0. The summed E-state index contributed by atoms with van der Waals surface area (Å²) >= 11 is 12.6. The number of esters is 1. The summed E-state index contributed by atoms with van der Waals surface area (Å²) in [5.74, 6) is -1.41. The highest BCUT2D eigenvalue weighted by atomic mass is 35.5. The van der Waals surface area contributed by atoms with Crippen molar-refractivity contribution < 1.29 is 27.5 Å². The van der Waals surface area contributed by atoms with E-state index in [0.717, 1.165) is 6.07 Å². The minimum absolute atomic E-state index is 0.0139. The normalized spacial score (nSPS) is 12.3. The summed E-state index contributed by atoms with van der Waals surface area (Å²) in [6.07, 6.45) is -4.64. The first-order valence-electron chi connectivity index (χ1n) is 9.42. The molecule has 0 saturated heterocycles. The zero-order chi connectivity index (χ0) is 24.2. The molecule has 0 aliphatic carbocycles. The summed E-state index contributed by atoms with van der Waals surface area (Å²) in [5.41, 5.74) is -1.77. The first-order chi connectivity index (χ1) is 14.6. The molecule has 2 aromatic heterocycles. The molecule has 3 aromatic rings. The van der Waals surface area contributed by atoms with Crippen LogP contribution in [0.3, 0.4) is 0 Å². The molecular formula is C22H19Cl2F3N2O3. The molecule has 0 aliphatic rings. The number of benzene rings is 1. The summed E-state index contributed by atoms with van der Waals surface area (Å²) in [7, 11) is 1.42. The van der Waals surface area contributed by atoms with Gasteiger partial charge in [-0.25, -0.2) is 9.78 Å². The van der Waals surface area contributed by atoms with Gasteiger partial charge in [-0.1, -0.05) is 23.2 Å². The van der Waals surface area contributed by atoms with Gasteiger partial charge in [0, 0.05) is 12.4 Å². The molecule has 0 amide bonds. The van der Waals surface area contributed by atoms with Crippen LogP contribution in [0.15, 0.2) is 24.3 Å². The van der Waals surface area contributed by atoms with E-state index in [1.165, 1.54) is 36.7 Å². The van der Waals surface area contributed by atoms with E-state index >= 15 is 0 Å². The van der Waals surface area contributed by atoms with E-state index in [9.17, 15) is 22.8 Å². The molecular weight excluding hydrogens is 468 g/mol. The summed E-state index contributed by atoms with van der Waals surface area (Å²) in [6.45, 7) is 6.54. The number of ether oxygens (including phenoxy) is 1. The number of hydrogen-bond acceptors (Lipinski definition) is 4. The van der Waals surface area contributed by atoms with E-state index in [-0.39, 0.29) is 32.5 Å². The molecule has 0 radical (unpaired) electrons. The lowest BCUT2D eigenvalue weighted by molar-refractivity contribution is -0.141. The summed E-state index contributed by atoms with van der Waals surface area (Å²) in [4.78, 5) is 29.5. The van der Waals surface area contributed by atoms with Crippen molar-refractivity contribution in [2.75, 3.05) is 0 Å². The minimum Gasteiger partial charge on any atom is -0.456 e. The van der Waals surface area contributed by atoms with Gasteiger partial charge in [0.2, 0.25) is 5.78 Å². The van der Waals surface area contributed by atoms with E-state index in [0.29, 0.717) is 10.9 Å². The van der Waals surface area contributed by atoms with E-state index in [1.807, 2.05) is 0 Å². The standard InChI is InChI=1S/C22H19Cl2F3N2O3/c1-10-8-15(22(25,26)27)28-19-12(10)9-14(29(19)5)18(30)16-13(23)7-6-11(17(16)24)20(31)32-21(2,3)4/h6-9H,1-5H3. The van der Waals surface area contributed by atoms with Gasteiger partial charge in [-0.15, -0.1) is 0 Å². The minimum atomic E-state index is -4.64. The van der Waals surface area contributed by atoms with Crippen molar-refractivity contribution in [3.05, 3.63) is 62.4 Å². The molecule has 0 aliphatic heterocycles. The van der Waals surface area contributed by atoms with Crippen molar-refractivity contribution in [1.29, 1.82) is 0 Å². The lowest BCUT2D eigenvalue weighted by Gasteiger charge is -2.20. The third kappa shape index (κ3) is 4.47. The van der Waals surface area contributed by atoms with Gasteiger partial charge in [0.25, 0.3) is 0 Å². The maximum absolute atomic E-state index is 13.3. The lowest BCUT2D eigenvalue weighted by Crippen LogP contribution is -2.24. The fourth-order valence-corrected chi connectivity index (χ4v) is 3.81. The first-order valence-corrected chi connectivity index (χ1v) is 10.2. The fraction of sp³-hybridized carbons (Fsp3) is 0.318. The van der Waals surface area contributed by atoms with Gasteiger partial charge in [-0.2, -0.15) is 13.2 Å². The van der Waals surface area contributed by atoms with Gasteiger partial charge >= 0.3 is 12.1 Å².